The second-order valence-electron chi connectivity index (χ2n) is 10.5. The lowest BCUT2D eigenvalue weighted by atomic mass is 9.45. The molecule has 3 saturated carbocycles. The van der Waals surface area contributed by atoms with Crippen LogP contribution in [0.2, 0.25) is 0 Å². The van der Waals surface area contributed by atoms with Crippen molar-refractivity contribution in [2.45, 2.75) is 84.7 Å². The van der Waals surface area contributed by atoms with Crippen LogP contribution in [-0.4, -0.2) is 19.0 Å². The van der Waals surface area contributed by atoms with Crippen LogP contribution in [-0.2, 0) is 9.53 Å². The highest BCUT2D eigenvalue weighted by molar-refractivity contribution is 5.84. The summed E-state index contributed by atoms with van der Waals surface area (Å²) >= 11 is 0. The SMILES string of the molecule is C=CC[C@]1(C(C)=O)CCC2C3CC=C4C[C@@H](OC)CCC4(C)C3CC[C@@]21C. The van der Waals surface area contributed by atoms with Crippen molar-refractivity contribution in [1.29, 1.82) is 0 Å². The molecule has 4 aliphatic carbocycles. The van der Waals surface area contributed by atoms with Crippen LogP contribution in [0.15, 0.2) is 24.3 Å². The molecule has 2 nitrogen and oxygen atoms in total. The third kappa shape index (κ3) is 2.51. The highest BCUT2D eigenvalue weighted by Gasteiger charge is 2.64. The van der Waals surface area contributed by atoms with E-state index >= 15 is 0 Å². The number of hydrogen-bond acceptors (Lipinski definition) is 2. The Labute approximate surface area is 165 Å². The Morgan fingerprint density at radius 2 is 1.96 bits per heavy atom. The van der Waals surface area contributed by atoms with E-state index in [9.17, 15) is 4.79 Å². The zero-order valence-corrected chi connectivity index (χ0v) is 17.9. The van der Waals surface area contributed by atoms with Crippen LogP contribution in [0, 0.1) is 34.0 Å². The summed E-state index contributed by atoms with van der Waals surface area (Å²) in [7, 11) is 1.87. The molecule has 4 unspecified atom stereocenters. The lowest BCUT2D eigenvalue weighted by molar-refractivity contribution is -0.140. The molecule has 27 heavy (non-hydrogen) atoms. The summed E-state index contributed by atoms with van der Waals surface area (Å²) in [6.07, 6.45) is 15.5. The average molecular weight is 371 g/mol. The fourth-order valence-electron chi connectivity index (χ4n) is 8.27. The van der Waals surface area contributed by atoms with Gasteiger partial charge in [0.05, 0.1) is 6.10 Å². The van der Waals surface area contributed by atoms with Crippen LogP contribution in [0.5, 0.6) is 0 Å². The van der Waals surface area contributed by atoms with Gasteiger partial charge >= 0.3 is 0 Å². The number of hydrogen-bond donors (Lipinski definition) is 0. The summed E-state index contributed by atoms with van der Waals surface area (Å²) in [6, 6.07) is 0. The van der Waals surface area contributed by atoms with Crippen molar-refractivity contribution >= 4 is 5.78 Å². The van der Waals surface area contributed by atoms with Crippen molar-refractivity contribution in [3.63, 3.8) is 0 Å². The van der Waals surface area contributed by atoms with Crippen LogP contribution in [0.4, 0.5) is 0 Å². The Morgan fingerprint density at radius 3 is 2.63 bits per heavy atom. The summed E-state index contributed by atoms with van der Waals surface area (Å²) in [4.78, 5) is 12.9. The fraction of sp³-hybridized carbons (Fsp3) is 0.800. The molecule has 4 aliphatic rings. The monoisotopic (exact) mass is 370 g/mol. The van der Waals surface area contributed by atoms with E-state index in [1.54, 1.807) is 5.57 Å². The summed E-state index contributed by atoms with van der Waals surface area (Å²) in [5, 5.41) is 0. The molecule has 0 saturated heterocycles. The van der Waals surface area contributed by atoms with E-state index in [2.05, 4.69) is 26.5 Å². The minimum Gasteiger partial charge on any atom is -0.381 e. The number of carbonyl (C=O) groups is 1. The van der Waals surface area contributed by atoms with E-state index in [0.717, 1.165) is 31.1 Å². The smallest absolute Gasteiger partial charge is 0.136 e. The summed E-state index contributed by atoms with van der Waals surface area (Å²) < 4.78 is 5.70. The second kappa shape index (κ2) is 6.58. The lowest BCUT2D eigenvalue weighted by Crippen LogP contribution is -2.53. The van der Waals surface area contributed by atoms with Gasteiger partial charge < -0.3 is 4.74 Å². The van der Waals surface area contributed by atoms with Crippen molar-refractivity contribution in [3.05, 3.63) is 24.3 Å². The quantitative estimate of drug-likeness (QED) is 0.558. The van der Waals surface area contributed by atoms with E-state index in [4.69, 9.17) is 4.74 Å². The van der Waals surface area contributed by atoms with Gasteiger partial charge in [0, 0.05) is 12.5 Å². The third-order valence-electron chi connectivity index (χ3n) is 9.92. The van der Waals surface area contributed by atoms with Crippen LogP contribution in [0.3, 0.4) is 0 Å². The molecule has 0 aromatic heterocycles. The van der Waals surface area contributed by atoms with Gasteiger partial charge in [-0.05, 0) is 93.3 Å². The van der Waals surface area contributed by atoms with Crippen molar-refractivity contribution in [2.75, 3.05) is 7.11 Å². The van der Waals surface area contributed by atoms with Crippen molar-refractivity contribution in [3.8, 4) is 0 Å². The minimum absolute atomic E-state index is 0.152. The molecule has 150 valence electrons. The number of carbonyl (C=O) groups excluding carboxylic acids is 1. The number of fused-ring (bicyclic) bond motifs is 5. The molecule has 7 atom stereocenters. The van der Waals surface area contributed by atoms with E-state index in [1.807, 2.05) is 20.1 Å². The van der Waals surface area contributed by atoms with Gasteiger partial charge in [-0.3, -0.25) is 4.79 Å². The van der Waals surface area contributed by atoms with Gasteiger partial charge in [0.25, 0.3) is 0 Å². The molecule has 3 fully saturated rings. The Kier molecular flexibility index (Phi) is 4.73. The summed E-state index contributed by atoms with van der Waals surface area (Å²) in [6.45, 7) is 10.8. The molecule has 0 aromatic rings. The molecule has 0 bridgehead atoms. The topological polar surface area (TPSA) is 26.3 Å². The zero-order chi connectivity index (χ0) is 19.4. The fourth-order valence-corrected chi connectivity index (χ4v) is 8.27. The molecule has 0 heterocycles. The number of Topliss-reactive ketones (excluding diaryl/α,β-unsaturated/α-hetero) is 1. The number of allylic oxidation sites excluding steroid dienone is 2. The molecule has 0 spiro atoms. The normalized spacial score (nSPS) is 48.8. The van der Waals surface area contributed by atoms with Gasteiger partial charge in [0.1, 0.15) is 5.78 Å². The molecule has 0 aromatic carbocycles. The van der Waals surface area contributed by atoms with Crippen LogP contribution < -0.4 is 0 Å². The first-order valence-electron chi connectivity index (χ1n) is 11.2. The maximum absolute atomic E-state index is 12.9. The highest BCUT2D eigenvalue weighted by Crippen LogP contribution is 2.70. The first-order valence-corrected chi connectivity index (χ1v) is 11.2. The van der Waals surface area contributed by atoms with Crippen molar-refractivity contribution in [1.82, 2.24) is 0 Å². The van der Waals surface area contributed by atoms with Crippen LogP contribution in [0.1, 0.15) is 78.6 Å². The number of methoxy groups -OCH3 is 1. The molecule has 0 N–H and O–H groups in total. The predicted octanol–water partition coefficient (Wildman–Crippen LogP) is 6.12. The Bertz CT molecular complexity index is 663. The van der Waals surface area contributed by atoms with Crippen molar-refractivity contribution < 1.29 is 9.53 Å². The van der Waals surface area contributed by atoms with E-state index in [1.165, 1.54) is 38.5 Å². The Morgan fingerprint density at radius 1 is 1.22 bits per heavy atom. The Hall–Kier alpha value is -0.890. The van der Waals surface area contributed by atoms with Gasteiger partial charge in [0.2, 0.25) is 0 Å². The minimum atomic E-state index is -0.164. The van der Waals surface area contributed by atoms with Gasteiger partial charge in [-0.1, -0.05) is 31.6 Å². The molecule has 2 heteroatoms. The Balaban J connectivity index is 1.67. The molecule has 4 rings (SSSR count). The molecule has 0 radical (unpaired) electrons. The van der Waals surface area contributed by atoms with E-state index < -0.39 is 0 Å². The maximum Gasteiger partial charge on any atom is 0.136 e. The predicted molar refractivity (Wildman–Crippen MR) is 110 cm³/mol. The molecular weight excluding hydrogens is 332 g/mol. The maximum atomic E-state index is 12.9. The molecule has 0 amide bonds. The van der Waals surface area contributed by atoms with Crippen LogP contribution >= 0.6 is 0 Å². The number of ketones is 1. The standard InChI is InChI=1S/C25H38O2/c1-6-12-25(17(2)26)15-11-22-20-8-7-18-16-19(27-5)9-13-23(18,3)21(20)10-14-24(22,25)4/h6-7,19-22H,1,8-16H2,2-5H3/t19-,20?,21?,22?,23?,24-,25+/m0/s1. The number of rotatable bonds is 4. The molecular formula is C25H38O2. The second-order valence-corrected chi connectivity index (χ2v) is 10.5. The largest absolute Gasteiger partial charge is 0.381 e. The summed E-state index contributed by atoms with van der Waals surface area (Å²) in [5.74, 6) is 2.64. The van der Waals surface area contributed by atoms with Gasteiger partial charge in [-0.2, -0.15) is 0 Å². The highest BCUT2D eigenvalue weighted by atomic mass is 16.5. The van der Waals surface area contributed by atoms with Gasteiger partial charge in [0.15, 0.2) is 0 Å². The zero-order valence-electron chi connectivity index (χ0n) is 17.9. The van der Waals surface area contributed by atoms with E-state index in [0.29, 0.717) is 23.2 Å². The first kappa shape index (κ1) is 19.4. The molecule has 0 aliphatic heterocycles. The van der Waals surface area contributed by atoms with Gasteiger partial charge in [-0.15, -0.1) is 6.58 Å². The summed E-state index contributed by atoms with van der Waals surface area (Å²) in [5.41, 5.74) is 2.02. The van der Waals surface area contributed by atoms with Gasteiger partial charge in [-0.25, -0.2) is 0 Å². The van der Waals surface area contributed by atoms with Crippen LogP contribution in [0.25, 0.3) is 0 Å². The van der Waals surface area contributed by atoms with E-state index in [-0.39, 0.29) is 10.8 Å². The van der Waals surface area contributed by atoms with Crippen molar-refractivity contribution in [2.24, 2.45) is 34.0 Å². The first-order chi connectivity index (χ1) is 12.8. The average Bonchev–Trinajstić information content (AvgIpc) is 2.95. The number of ether oxygens (including phenoxy) is 1. The lowest BCUT2D eigenvalue weighted by Gasteiger charge is -2.59. The third-order valence-corrected chi connectivity index (χ3v) is 9.92.